The summed E-state index contributed by atoms with van der Waals surface area (Å²) >= 11 is 5.91. The van der Waals surface area contributed by atoms with Gasteiger partial charge >= 0.3 is 11.8 Å². The SMILES string of the molecule is NC(=O)c1nnc(Cc2ccc3ncc(Cl)cc3c2)o1. The Morgan fingerprint density at radius 1 is 1.30 bits per heavy atom. The van der Waals surface area contributed by atoms with Crippen LogP contribution >= 0.6 is 11.6 Å². The van der Waals surface area contributed by atoms with Gasteiger partial charge in [0.05, 0.1) is 17.0 Å². The summed E-state index contributed by atoms with van der Waals surface area (Å²) in [7, 11) is 0. The number of fused-ring (bicyclic) bond motifs is 1. The van der Waals surface area contributed by atoms with Crippen molar-refractivity contribution in [2.24, 2.45) is 5.73 Å². The van der Waals surface area contributed by atoms with E-state index in [9.17, 15) is 4.79 Å². The van der Waals surface area contributed by atoms with Crippen LogP contribution in [0.2, 0.25) is 5.02 Å². The van der Waals surface area contributed by atoms with Crippen molar-refractivity contribution in [1.82, 2.24) is 15.2 Å². The lowest BCUT2D eigenvalue weighted by Crippen LogP contribution is -2.11. The summed E-state index contributed by atoms with van der Waals surface area (Å²) in [4.78, 5) is 15.1. The van der Waals surface area contributed by atoms with Crippen molar-refractivity contribution in [1.29, 1.82) is 0 Å². The highest BCUT2D eigenvalue weighted by Gasteiger charge is 2.11. The molecule has 0 saturated heterocycles. The summed E-state index contributed by atoms with van der Waals surface area (Å²) in [5.41, 5.74) is 6.85. The highest BCUT2D eigenvalue weighted by molar-refractivity contribution is 6.31. The first-order chi connectivity index (χ1) is 9.61. The van der Waals surface area contributed by atoms with Gasteiger partial charge in [-0.3, -0.25) is 9.78 Å². The summed E-state index contributed by atoms with van der Waals surface area (Å²) < 4.78 is 5.15. The van der Waals surface area contributed by atoms with E-state index in [1.54, 1.807) is 6.20 Å². The zero-order valence-electron chi connectivity index (χ0n) is 10.2. The number of hydrogen-bond donors (Lipinski definition) is 1. The molecule has 0 aliphatic carbocycles. The molecule has 0 aliphatic rings. The maximum Gasteiger partial charge on any atom is 0.306 e. The third-order valence-corrected chi connectivity index (χ3v) is 2.95. The van der Waals surface area contributed by atoms with E-state index in [-0.39, 0.29) is 5.89 Å². The van der Waals surface area contributed by atoms with Gasteiger partial charge in [-0.25, -0.2) is 0 Å². The monoisotopic (exact) mass is 288 g/mol. The minimum Gasteiger partial charge on any atom is -0.417 e. The van der Waals surface area contributed by atoms with Gasteiger partial charge in [0.2, 0.25) is 5.89 Å². The molecule has 7 heteroatoms. The number of hydrogen-bond acceptors (Lipinski definition) is 5. The summed E-state index contributed by atoms with van der Waals surface area (Å²) in [6, 6.07) is 7.54. The minimum atomic E-state index is -0.738. The van der Waals surface area contributed by atoms with Crippen LogP contribution in [0.1, 0.15) is 22.1 Å². The molecule has 2 aromatic heterocycles. The number of halogens is 1. The standard InChI is InChI=1S/C13H9ClN4O2/c14-9-5-8-3-7(1-2-10(8)16-6-9)4-11-17-18-13(20-11)12(15)19/h1-3,5-6H,4H2,(H2,15,19). The van der Waals surface area contributed by atoms with Crippen LogP contribution in [0.3, 0.4) is 0 Å². The first-order valence-electron chi connectivity index (χ1n) is 5.78. The molecule has 0 spiro atoms. The molecule has 0 radical (unpaired) electrons. The summed E-state index contributed by atoms with van der Waals surface area (Å²) in [6.45, 7) is 0. The van der Waals surface area contributed by atoms with E-state index in [4.69, 9.17) is 21.8 Å². The smallest absolute Gasteiger partial charge is 0.306 e. The number of nitrogens with two attached hydrogens (primary N) is 1. The summed E-state index contributed by atoms with van der Waals surface area (Å²) in [5, 5.41) is 8.83. The summed E-state index contributed by atoms with van der Waals surface area (Å²) in [6.07, 6.45) is 2.00. The number of pyridine rings is 1. The lowest BCUT2D eigenvalue weighted by molar-refractivity contribution is 0.0965. The molecule has 0 aliphatic heterocycles. The van der Waals surface area contributed by atoms with E-state index >= 15 is 0 Å². The van der Waals surface area contributed by atoms with Crippen LogP contribution in [0.5, 0.6) is 0 Å². The second kappa shape index (κ2) is 4.90. The van der Waals surface area contributed by atoms with E-state index in [1.165, 1.54) is 0 Å². The predicted molar refractivity (Wildman–Crippen MR) is 72.4 cm³/mol. The van der Waals surface area contributed by atoms with Crippen LogP contribution in [0.4, 0.5) is 0 Å². The van der Waals surface area contributed by atoms with Gasteiger partial charge in [-0.1, -0.05) is 17.7 Å². The van der Waals surface area contributed by atoms with E-state index in [0.29, 0.717) is 17.3 Å². The number of benzene rings is 1. The van der Waals surface area contributed by atoms with Gasteiger partial charge in [0.15, 0.2) is 0 Å². The normalized spacial score (nSPS) is 10.8. The zero-order chi connectivity index (χ0) is 14.1. The number of carbonyl (C=O) groups is 1. The molecule has 0 saturated carbocycles. The zero-order valence-corrected chi connectivity index (χ0v) is 11.0. The van der Waals surface area contributed by atoms with Crippen molar-refractivity contribution in [3.8, 4) is 0 Å². The average Bonchev–Trinajstić information content (AvgIpc) is 2.87. The highest BCUT2D eigenvalue weighted by atomic mass is 35.5. The number of primary amides is 1. The molecule has 0 atom stereocenters. The lowest BCUT2D eigenvalue weighted by atomic mass is 10.1. The molecule has 6 nitrogen and oxygen atoms in total. The molecule has 20 heavy (non-hydrogen) atoms. The van der Waals surface area contributed by atoms with Gasteiger partial charge in [-0.15, -0.1) is 10.2 Å². The third-order valence-electron chi connectivity index (χ3n) is 2.75. The van der Waals surface area contributed by atoms with Crippen LogP contribution < -0.4 is 5.73 Å². The van der Waals surface area contributed by atoms with Crippen molar-refractivity contribution in [2.75, 3.05) is 0 Å². The van der Waals surface area contributed by atoms with Crippen LogP contribution in [0.25, 0.3) is 10.9 Å². The van der Waals surface area contributed by atoms with Gasteiger partial charge in [0.1, 0.15) is 0 Å². The number of aromatic nitrogens is 3. The Hall–Kier alpha value is -2.47. The molecular formula is C13H9ClN4O2. The van der Waals surface area contributed by atoms with Gasteiger partial charge < -0.3 is 10.2 Å². The van der Waals surface area contributed by atoms with E-state index in [0.717, 1.165) is 16.5 Å². The van der Waals surface area contributed by atoms with Gasteiger partial charge in [0, 0.05) is 11.6 Å². The lowest BCUT2D eigenvalue weighted by Gasteiger charge is -2.01. The van der Waals surface area contributed by atoms with Crippen LogP contribution in [-0.4, -0.2) is 21.1 Å². The molecule has 1 aromatic carbocycles. The Balaban J connectivity index is 1.91. The van der Waals surface area contributed by atoms with E-state index in [1.807, 2.05) is 24.3 Å². The Bertz CT molecular complexity index is 800. The Kier molecular flexibility index (Phi) is 3.08. The molecule has 3 rings (SSSR count). The molecule has 100 valence electrons. The van der Waals surface area contributed by atoms with E-state index in [2.05, 4.69) is 15.2 Å². The Labute approximate surface area is 118 Å². The Morgan fingerprint density at radius 2 is 2.15 bits per heavy atom. The minimum absolute atomic E-state index is 0.189. The first-order valence-corrected chi connectivity index (χ1v) is 6.16. The van der Waals surface area contributed by atoms with Crippen molar-refractivity contribution >= 4 is 28.4 Å². The molecule has 3 aromatic rings. The fourth-order valence-corrected chi connectivity index (χ4v) is 2.03. The average molecular weight is 289 g/mol. The molecule has 2 N–H and O–H groups in total. The van der Waals surface area contributed by atoms with Crippen LogP contribution in [-0.2, 0) is 6.42 Å². The van der Waals surface area contributed by atoms with Crippen LogP contribution in [0, 0.1) is 0 Å². The maximum absolute atomic E-state index is 10.9. The topological polar surface area (TPSA) is 94.9 Å². The van der Waals surface area contributed by atoms with Crippen molar-refractivity contribution in [3.63, 3.8) is 0 Å². The van der Waals surface area contributed by atoms with Crippen molar-refractivity contribution in [2.45, 2.75) is 6.42 Å². The maximum atomic E-state index is 10.9. The van der Waals surface area contributed by atoms with Gasteiger partial charge in [0.25, 0.3) is 0 Å². The van der Waals surface area contributed by atoms with E-state index < -0.39 is 5.91 Å². The molecule has 0 bridgehead atoms. The third kappa shape index (κ3) is 2.46. The number of nitrogens with zero attached hydrogens (tertiary/aromatic N) is 3. The largest absolute Gasteiger partial charge is 0.417 e. The second-order valence-electron chi connectivity index (χ2n) is 4.22. The van der Waals surface area contributed by atoms with Gasteiger partial charge in [-0.05, 0) is 23.8 Å². The molecule has 0 fully saturated rings. The highest BCUT2D eigenvalue weighted by Crippen LogP contribution is 2.19. The van der Waals surface area contributed by atoms with Crippen LogP contribution in [0.15, 0.2) is 34.9 Å². The number of carbonyl (C=O) groups excluding carboxylic acids is 1. The number of amides is 1. The van der Waals surface area contributed by atoms with Crippen molar-refractivity contribution in [3.05, 3.63) is 52.8 Å². The van der Waals surface area contributed by atoms with Crippen molar-refractivity contribution < 1.29 is 9.21 Å². The quantitative estimate of drug-likeness (QED) is 0.795. The molecular weight excluding hydrogens is 280 g/mol. The fraction of sp³-hybridized carbons (Fsp3) is 0.0769. The predicted octanol–water partition coefficient (Wildman–Crippen LogP) is 1.96. The second-order valence-corrected chi connectivity index (χ2v) is 4.66. The Morgan fingerprint density at radius 3 is 2.90 bits per heavy atom. The molecule has 2 heterocycles. The van der Waals surface area contributed by atoms with Gasteiger partial charge in [-0.2, -0.15) is 0 Å². The summed E-state index contributed by atoms with van der Waals surface area (Å²) in [5.74, 6) is -0.600. The fourth-order valence-electron chi connectivity index (χ4n) is 1.86. The molecule has 1 amide bonds. The molecule has 0 unspecified atom stereocenters. The number of rotatable bonds is 3. The first kappa shape index (κ1) is 12.6.